The summed E-state index contributed by atoms with van der Waals surface area (Å²) in [4.78, 5) is 11.0. The highest BCUT2D eigenvalue weighted by Gasteiger charge is 2.12. The van der Waals surface area contributed by atoms with Gasteiger partial charge in [0.05, 0.1) is 10.6 Å². The Morgan fingerprint density at radius 1 is 1.15 bits per heavy atom. The smallest absolute Gasteiger partial charge is 0.178 e. The third-order valence-corrected chi connectivity index (χ3v) is 4.81. The fraction of sp³-hybridized carbons (Fsp3) is 0.400. The molecule has 0 radical (unpaired) electrons. The number of ketones is 1. The van der Waals surface area contributed by atoms with Crippen LogP contribution in [0.1, 0.15) is 32.6 Å². The lowest BCUT2D eigenvalue weighted by Crippen LogP contribution is -2.05. The van der Waals surface area contributed by atoms with Crippen LogP contribution in [-0.2, 0) is 14.6 Å². The largest absolute Gasteiger partial charge is 0.300 e. The molecule has 0 aliphatic heterocycles. The summed E-state index contributed by atoms with van der Waals surface area (Å²) in [7, 11) is -3.25. The molecule has 0 unspecified atom stereocenters. The standard InChI is InChI=1S/C15H19ClO3S/c1-13(17)7-5-3-2-4-6-12-20(18,19)15-10-8-14(16)9-11-15/h2,4,8-11H,3,5-7,12H2,1H3. The molecule has 0 fully saturated rings. The van der Waals surface area contributed by atoms with Gasteiger partial charge in [-0.3, -0.25) is 0 Å². The van der Waals surface area contributed by atoms with E-state index in [2.05, 4.69) is 0 Å². The molecule has 20 heavy (non-hydrogen) atoms. The summed E-state index contributed by atoms with van der Waals surface area (Å²) in [6, 6.07) is 6.19. The number of Topliss-reactive ketones (excluding diaryl/α,β-unsaturated/α-hetero) is 1. The number of carbonyl (C=O) groups is 1. The summed E-state index contributed by atoms with van der Waals surface area (Å²) in [6.45, 7) is 1.57. The van der Waals surface area contributed by atoms with Gasteiger partial charge in [-0.1, -0.05) is 23.8 Å². The number of sulfone groups is 1. The number of hydrogen-bond acceptors (Lipinski definition) is 3. The van der Waals surface area contributed by atoms with Gasteiger partial charge < -0.3 is 4.79 Å². The predicted molar refractivity (Wildman–Crippen MR) is 81.8 cm³/mol. The van der Waals surface area contributed by atoms with Crippen LogP contribution in [0.3, 0.4) is 0 Å². The molecule has 0 saturated carbocycles. The first-order valence-corrected chi connectivity index (χ1v) is 8.57. The van der Waals surface area contributed by atoms with Gasteiger partial charge in [-0.2, -0.15) is 0 Å². The first kappa shape index (κ1) is 16.9. The zero-order valence-corrected chi connectivity index (χ0v) is 13.1. The number of carbonyl (C=O) groups excluding carboxylic acids is 1. The molecule has 0 bridgehead atoms. The Morgan fingerprint density at radius 3 is 2.35 bits per heavy atom. The third kappa shape index (κ3) is 6.35. The number of unbranched alkanes of at least 4 members (excludes halogenated alkanes) is 1. The summed E-state index contributed by atoms with van der Waals surface area (Å²) < 4.78 is 24.0. The summed E-state index contributed by atoms with van der Waals surface area (Å²) in [5, 5.41) is 0.523. The van der Waals surface area contributed by atoms with Crippen LogP contribution in [-0.4, -0.2) is 20.0 Å². The van der Waals surface area contributed by atoms with Crippen molar-refractivity contribution in [2.75, 3.05) is 5.75 Å². The molecule has 5 heteroatoms. The van der Waals surface area contributed by atoms with Gasteiger partial charge in [0, 0.05) is 11.4 Å². The first-order valence-electron chi connectivity index (χ1n) is 6.54. The molecule has 0 spiro atoms. The van der Waals surface area contributed by atoms with E-state index in [1.807, 2.05) is 12.2 Å². The van der Waals surface area contributed by atoms with Gasteiger partial charge in [0.25, 0.3) is 0 Å². The highest BCUT2D eigenvalue weighted by Crippen LogP contribution is 2.16. The second kappa shape index (κ2) is 8.22. The lowest BCUT2D eigenvalue weighted by molar-refractivity contribution is -0.117. The zero-order chi connectivity index (χ0) is 15.0. The van der Waals surface area contributed by atoms with E-state index in [0.29, 0.717) is 22.8 Å². The van der Waals surface area contributed by atoms with Gasteiger partial charge in [0.2, 0.25) is 0 Å². The predicted octanol–water partition coefficient (Wildman–Crippen LogP) is 3.82. The molecule has 1 aromatic rings. The Morgan fingerprint density at radius 2 is 1.75 bits per heavy atom. The molecule has 110 valence electrons. The lowest BCUT2D eigenvalue weighted by Gasteiger charge is -2.02. The molecule has 3 nitrogen and oxygen atoms in total. The van der Waals surface area contributed by atoms with Crippen LogP contribution < -0.4 is 0 Å². The molecular formula is C15H19ClO3S. The fourth-order valence-corrected chi connectivity index (χ4v) is 3.05. The molecule has 0 heterocycles. The van der Waals surface area contributed by atoms with E-state index in [1.165, 1.54) is 12.1 Å². The van der Waals surface area contributed by atoms with Crippen LogP contribution in [0.15, 0.2) is 41.3 Å². The summed E-state index contributed by atoms with van der Waals surface area (Å²) in [6.07, 6.45) is 6.46. The average Bonchev–Trinajstić information content (AvgIpc) is 2.37. The van der Waals surface area contributed by atoms with Crippen molar-refractivity contribution in [1.29, 1.82) is 0 Å². The van der Waals surface area contributed by atoms with Crippen molar-refractivity contribution >= 4 is 27.2 Å². The van der Waals surface area contributed by atoms with E-state index < -0.39 is 9.84 Å². The minimum atomic E-state index is -3.25. The van der Waals surface area contributed by atoms with E-state index in [0.717, 1.165) is 12.8 Å². The average molecular weight is 315 g/mol. The van der Waals surface area contributed by atoms with Crippen LogP contribution in [0.5, 0.6) is 0 Å². The first-order chi connectivity index (χ1) is 9.42. The van der Waals surface area contributed by atoms with Crippen LogP contribution in [0.2, 0.25) is 5.02 Å². The molecular weight excluding hydrogens is 296 g/mol. The SMILES string of the molecule is CC(=O)CCCC=CCCS(=O)(=O)c1ccc(Cl)cc1. The van der Waals surface area contributed by atoms with E-state index in [4.69, 9.17) is 11.6 Å². The number of benzene rings is 1. The third-order valence-electron chi connectivity index (χ3n) is 2.79. The van der Waals surface area contributed by atoms with Crippen LogP contribution in [0.25, 0.3) is 0 Å². The van der Waals surface area contributed by atoms with Gasteiger partial charge in [0.15, 0.2) is 9.84 Å². The molecule has 1 rings (SSSR count). The van der Waals surface area contributed by atoms with Crippen molar-refractivity contribution in [3.8, 4) is 0 Å². The second-order valence-corrected chi connectivity index (χ2v) is 7.17. The van der Waals surface area contributed by atoms with Crippen molar-refractivity contribution in [1.82, 2.24) is 0 Å². The summed E-state index contributed by atoms with van der Waals surface area (Å²) in [5.74, 6) is 0.265. The number of rotatable bonds is 8. The topological polar surface area (TPSA) is 51.2 Å². The molecule has 0 saturated heterocycles. The molecule has 0 aliphatic carbocycles. The van der Waals surface area contributed by atoms with Crippen molar-refractivity contribution in [2.45, 2.75) is 37.5 Å². The Kier molecular flexibility index (Phi) is 6.96. The molecule has 0 N–H and O–H groups in total. The van der Waals surface area contributed by atoms with Gasteiger partial charge >= 0.3 is 0 Å². The van der Waals surface area contributed by atoms with E-state index in [9.17, 15) is 13.2 Å². The Hall–Kier alpha value is -1.13. The molecule has 0 aliphatic rings. The number of halogens is 1. The molecule has 0 aromatic heterocycles. The molecule has 0 atom stereocenters. The van der Waals surface area contributed by atoms with Gasteiger partial charge in [-0.15, -0.1) is 0 Å². The fourth-order valence-electron chi connectivity index (χ4n) is 1.69. The monoisotopic (exact) mass is 314 g/mol. The number of hydrogen-bond donors (Lipinski definition) is 0. The maximum Gasteiger partial charge on any atom is 0.178 e. The molecule has 1 aromatic carbocycles. The Labute approximate surface area is 125 Å². The van der Waals surface area contributed by atoms with Gasteiger partial charge in [-0.25, -0.2) is 8.42 Å². The second-order valence-electron chi connectivity index (χ2n) is 4.63. The maximum absolute atomic E-state index is 12.0. The van der Waals surface area contributed by atoms with Crippen molar-refractivity contribution in [3.05, 3.63) is 41.4 Å². The highest BCUT2D eigenvalue weighted by atomic mass is 35.5. The minimum Gasteiger partial charge on any atom is -0.300 e. The molecule has 0 amide bonds. The van der Waals surface area contributed by atoms with Crippen LogP contribution >= 0.6 is 11.6 Å². The quantitative estimate of drug-likeness (QED) is 0.541. The summed E-state index contributed by atoms with van der Waals surface area (Å²) >= 11 is 5.73. The maximum atomic E-state index is 12.0. The van der Waals surface area contributed by atoms with Gasteiger partial charge in [0.1, 0.15) is 5.78 Å². The van der Waals surface area contributed by atoms with Gasteiger partial charge in [-0.05, 0) is 50.5 Å². The van der Waals surface area contributed by atoms with Crippen LogP contribution in [0, 0.1) is 0 Å². The lowest BCUT2D eigenvalue weighted by atomic mass is 10.2. The Balaban J connectivity index is 2.38. The van der Waals surface area contributed by atoms with Crippen molar-refractivity contribution < 1.29 is 13.2 Å². The zero-order valence-electron chi connectivity index (χ0n) is 11.5. The highest BCUT2D eigenvalue weighted by molar-refractivity contribution is 7.91. The minimum absolute atomic E-state index is 0.0812. The van der Waals surface area contributed by atoms with E-state index in [1.54, 1.807) is 19.1 Å². The normalized spacial score (nSPS) is 11.9. The van der Waals surface area contributed by atoms with Crippen molar-refractivity contribution in [3.63, 3.8) is 0 Å². The van der Waals surface area contributed by atoms with E-state index in [-0.39, 0.29) is 11.5 Å². The van der Waals surface area contributed by atoms with Crippen molar-refractivity contribution in [2.24, 2.45) is 0 Å². The summed E-state index contributed by atoms with van der Waals surface area (Å²) in [5.41, 5.74) is 0. The Bertz CT molecular complexity index is 559. The number of allylic oxidation sites excluding steroid dienone is 2. The van der Waals surface area contributed by atoms with Crippen LogP contribution in [0.4, 0.5) is 0 Å². The van der Waals surface area contributed by atoms with E-state index >= 15 is 0 Å².